The summed E-state index contributed by atoms with van der Waals surface area (Å²) in [7, 11) is -3.00. The molecule has 8 heteroatoms. The summed E-state index contributed by atoms with van der Waals surface area (Å²) in [5.41, 5.74) is 6.03. The van der Waals surface area contributed by atoms with Crippen molar-refractivity contribution in [3.63, 3.8) is 0 Å². The van der Waals surface area contributed by atoms with Gasteiger partial charge < -0.3 is 19.3 Å². The van der Waals surface area contributed by atoms with Crippen LogP contribution in [0, 0.1) is 25.7 Å². The number of carbonyl (C=O) groups is 1. The molecule has 1 heterocycles. The van der Waals surface area contributed by atoms with E-state index in [1.54, 1.807) is 6.92 Å². The van der Waals surface area contributed by atoms with Crippen molar-refractivity contribution in [2.45, 2.75) is 45.6 Å². The average Bonchev–Trinajstić information content (AvgIpc) is 2.89. The minimum absolute atomic E-state index is 0.0784. The molecule has 0 aromatic heterocycles. The Kier molecular flexibility index (Phi) is 9.06. The van der Waals surface area contributed by atoms with Crippen LogP contribution >= 0.6 is 0 Å². The molecule has 1 aliphatic heterocycles. The zero-order chi connectivity index (χ0) is 28.9. The van der Waals surface area contributed by atoms with Gasteiger partial charge in [-0.05, 0) is 90.9 Å². The second-order valence-corrected chi connectivity index (χ2v) is 12.3. The van der Waals surface area contributed by atoms with Crippen LogP contribution in [0.5, 0.6) is 17.2 Å². The van der Waals surface area contributed by atoms with Gasteiger partial charge in [0.1, 0.15) is 22.2 Å². The Bertz CT molecular complexity index is 1540. The van der Waals surface area contributed by atoms with E-state index in [0.29, 0.717) is 31.1 Å². The highest BCUT2D eigenvalue weighted by molar-refractivity contribution is 7.90. The molecule has 2 atom stereocenters. The number of aliphatic carboxylic acids is 1. The lowest BCUT2D eigenvalue weighted by molar-refractivity contribution is -0.137. The van der Waals surface area contributed by atoms with Crippen molar-refractivity contribution in [1.82, 2.24) is 0 Å². The van der Waals surface area contributed by atoms with Gasteiger partial charge in [-0.2, -0.15) is 0 Å². The number of hydrogen-bond donors (Lipinski definition) is 1. The van der Waals surface area contributed by atoms with E-state index in [1.165, 1.54) is 6.26 Å². The molecule has 0 fully saturated rings. The third kappa shape index (κ3) is 7.36. The summed E-state index contributed by atoms with van der Waals surface area (Å²) in [5, 5.41) is 9.24. The van der Waals surface area contributed by atoms with Crippen LogP contribution in [0.4, 0.5) is 0 Å². The zero-order valence-corrected chi connectivity index (χ0v) is 24.0. The number of carboxylic acid groups (broad SMARTS) is 1. The van der Waals surface area contributed by atoms with Gasteiger partial charge in [0, 0.05) is 6.26 Å². The van der Waals surface area contributed by atoms with E-state index in [9.17, 15) is 18.3 Å². The van der Waals surface area contributed by atoms with Crippen LogP contribution < -0.4 is 14.2 Å². The lowest BCUT2D eigenvalue weighted by Crippen LogP contribution is -2.22. The second-order valence-electron chi connectivity index (χ2n) is 10.1. The fraction of sp³-hybridized carbons (Fsp3) is 0.344. The van der Waals surface area contributed by atoms with Gasteiger partial charge in [-0.15, -0.1) is 5.92 Å². The normalized spacial score (nSPS) is 15.1. The highest BCUT2D eigenvalue weighted by atomic mass is 32.2. The number of carboxylic acids is 1. The Balaban J connectivity index is 1.50. The Labute approximate surface area is 236 Å². The van der Waals surface area contributed by atoms with Crippen molar-refractivity contribution in [3.8, 4) is 40.2 Å². The fourth-order valence-corrected chi connectivity index (χ4v) is 5.58. The molecule has 1 N–H and O–H groups in total. The minimum Gasteiger partial charge on any atom is -0.494 e. The van der Waals surface area contributed by atoms with Crippen molar-refractivity contribution in [2.75, 3.05) is 25.2 Å². The monoisotopic (exact) mass is 562 g/mol. The van der Waals surface area contributed by atoms with E-state index in [2.05, 4.69) is 24.0 Å². The topological polar surface area (TPSA) is 99.1 Å². The maximum Gasteiger partial charge on any atom is 0.304 e. The quantitative estimate of drug-likeness (QED) is 0.243. The molecule has 7 nitrogen and oxygen atoms in total. The van der Waals surface area contributed by atoms with Crippen molar-refractivity contribution in [1.29, 1.82) is 0 Å². The van der Waals surface area contributed by atoms with Crippen molar-refractivity contribution in [2.24, 2.45) is 0 Å². The van der Waals surface area contributed by atoms with Crippen LogP contribution in [0.2, 0.25) is 0 Å². The maximum absolute atomic E-state index is 11.4. The Hall–Kier alpha value is -3.96. The number of rotatable bonds is 10. The molecule has 0 spiro atoms. The van der Waals surface area contributed by atoms with Gasteiger partial charge in [-0.3, -0.25) is 4.79 Å². The smallest absolute Gasteiger partial charge is 0.304 e. The van der Waals surface area contributed by atoms with Gasteiger partial charge in [0.05, 0.1) is 24.7 Å². The summed E-state index contributed by atoms with van der Waals surface area (Å²) < 4.78 is 40.9. The molecule has 0 amide bonds. The van der Waals surface area contributed by atoms with Crippen LogP contribution in [0.3, 0.4) is 0 Å². The molecule has 40 heavy (non-hydrogen) atoms. The molecule has 1 aliphatic rings. The standard InChI is InChI=1S/C32H34O7S/c1-5-8-23(19-31(33)34)24-11-12-28-29(18-24)38-20-30(39-28)25-9-6-10-26(17-25)32-21(2)15-27(16-22(32)3)37-13-7-14-40(4,35)36/h6,9-12,15-18,23,30H,7,13-14,19-20H2,1-4H3,(H,33,34)/t23-,30?/m0/s1. The highest BCUT2D eigenvalue weighted by Crippen LogP contribution is 2.40. The first kappa shape index (κ1) is 29.0. The molecule has 0 radical (unpaired) electrons. The van der Waals surface area contributed by atoms with Gasteiger partial charge >= 0.3 is 5.97 Å². The first-order chi connectivity index (χ1) is 19.0. The van der Waals surface area contributed by atoms with E-state index in [-0.39, 0.29) is 18.3 Å². The maximum atomic E-state index is 11.4. The lowest BCUT2D eigenvalue weighted by atomic mass is 9.93. The van der Waals surface area contributed by atoms with Gasteiger partial charge in [0.15, 0.2) is 17.6 Å². The minimum atomic E-state index is -3.00. The van der Waals surface area contributed by atoms with E-state index < -0.39 is 21.7 Å². The van der Waals surface area contributed by atoms with Gasteiger partial charge in [0.2, 0.25) is 0 Å². The largest absolute Gasteiger partial charge is 0.494 e. The van der Waals surface area contributed by atoms with Gasteiger partial charge in [0.25, 0.3) is 0 Å². The first-order valence-electron chi connectivity index (χ1n) is 13.1. The number of sulfone groups is 1. The molecule has 0 bridgehead atoms. The Morgan fingerprint density at radius 3 is 2.52 bits per heavy atom. The molecular formula is C32H34O7S. The molecule has 1 unspecified atom stereocenters. The Morgan fingerprint density at radius 1 is 1.10 bits per heavy atom. The predicted octanol–water partition coefficient (Wildman–Crippen LogP) is 5.88. The van der Waals surface area contributed by atoms with Crippen molar-refractivity contribution in [3.05, 3.63) is 76.9 Å². The molecular weight excluding hydrogens is 528 g/mol. The number of benzene rings is 3. The number of ether oxygens (including phenoxy) is 3. The van der Waals surface area contributed by atoms with E-state index in [0.717, 1.165) is 39.1 Å². The summed E-state index contributed by atoms with van der Waals surface area (Å²) in [5.74, 6) is 6.47. The van der Waals surface area contributed by atoms with Crippen LogP contribution in [-0.4, -0.2) is 44.7 Å². The Morgan fingerprint density at radius 2 is 1.85 bits per heavy atom. The predicted molar refractivity (Wildman–Crippen MR) is 155 cm³/mol. The van der Waals surface area contributed by atoms with Crippen molar-refractivity contribution < 1.29 is 32.5 Å². The fourth-order valence-electron chi connectivity index (χ4n) is 4.94. The summed E-state index contributed by atoms with van der Waals surface area (Å²) in [4.78, 5) is 11.3. The molecule has 210 valence electrons. The molecule has 3 aromatic carbocycles. The second kappa shape index (κ2) is 12.5. The summed E-state index contributed by atoms with van der Waals surface area (Å²) in [6.45, 7) is 6.43. The van der Waals surface area contributed by atoms with Gasteiger partial charge in [-0.25, -0.2) is 8.42 Å². The third-order valence-corrected chi connectivity index (χ3v) is 7.74. The summed E-state index contributed by atoms with van der Waals surface area (Å²) >= 11 is 0. The molecule has 0 saturated heterocycles. The van der Waals surface area contributed by atoms with Crippen LogP contribution in [-0.2, 0) is 14.6 Å². The number of hydrogen-bond acceptors (Lipinski definition) is 6. The van der Waals surface area contributed by atoms with Crippen molar-refractivity contribution >= 4 is 15.8 Å². The lowest BCUT2D eigenvalue weighted by Gasteiger charge is -2.28. The van der Waals surface area contributed by atoms with Gasteiger partial charge in [-0.1, -0.05) is 30.2 Å². The first-order valence-corrected chi connectivity index (χ1v) is 15.2. The van der Waals surface area contributed by atoms with E-state index >= 15 is 0 Å². The van der Waals surface area contributed by atoms with Crippen LogP contribution in [0.15, 0.2) is 54.6 Å². The SMILES string of the molecule is CC#C[C@@H](CC(=O)O)c1ccc2c(c1)OCC(c1cccc(-c3c(C)cc(OCCCS(C)(=O)=O)cc3C)c1)O2. The summed E-state index contributed by atoms with van der Waals surface area (Å²) in [6.07, 6.45) is 1.30. The molecule has 3 aromatic rings. The van der Waals surface area contributed by atoms with Crippen LogP contribution in [0.1, 0.15) is 54.0 Å². The van der Waals surface area contributed by atoms with E-state index in [1.807, 2.05) is 56.3 Å². The molecule has 0 saturated carbocycles. The zero-order valence-electron chi connectivity index (χ0n) is 23.2. The van der Waals surface area contributed by atoms with Crippen LogP contribution in [0.25, 0.3) is 11.1 Å². The molecule has 4 rings (SSSR count). The summed E-state index contributed by atoms with van der Waals surface area (Å²) in [6, 6.07) is 17.6. The van der Waals surface area contributed by atoms with E-state index in [4.69, 9.17) is 14.2 Å². The third-order valence-electron chi connectivity index (χ3n) is 6.71. The molecule has 0 aliphatic carbocycles. The highest BCUT2D eigenvalue weighted by Gasteiger charge is 2.25. The number of aryl methyl sites for hydroxylation is 2. The number of fused-ring (bicyclic) bond motifs is 1. The average molecular weight is 563 g/mol.